The number of thioether (sulfide) groups is 1. The van der Waals surface area contributed by atoms with Gasteiger partial charge in [-0.1, -0.05) is 72.4 Å². The molecule has 5 heteroatoms. The molecule has 1 heterocycles. The van der Waals surface area contributed by atoms with Gasteiger partial charge in [0.2, 0.25) is 0 Å². The van der Waals surface area contributed by atoms with Crippen molar-refractivity contribution in [3.8, 4) is 22.3 Å². The van der Waals surface area contributed by atoms with E-state index >= 15 is 0 Å². The van der Waals surface area contributed by atoms with Crippen LogP contribution in [0.25, 0.3) is 33.3 Å². The van der Waals surface area contributed by atoms with Gasteiger partial charge in [-0.25, -0.2) is 4.98 Å². The molecule has 1 unspecified atom stereocenters. The van der Waals surface area contributed by atoms with Gasteiger partial charge in [-0.15, -0.1) is 0 Å². The van der Waals surface area contributed by atoms with Gasteiger partial charge in [0.1, 0.15) is 5.25 Å². The molecule has 0 aliphatic heterocycles. The van der Waals surface area contributed by atoms with Crippen molar-refractivity contribution in [3.05, 3.63) is 72.8 Å². The third-order valence-corrected chi connectivity index (χ3v) is 5.38. The van der Waals surface area contributed by atoms with Crippen LogP contribution in [0.4, 0.5) is 0 Å². The van der Waals surface area contributed by atoms with Gasteiger partial charge in [0.05, 0.1) is 11.0 Å². The highest BCUT2D eigenvalue weighted by Gasteiger charge is 2.17. The largest absolute Gasteiger partial charge is 0.480 e. The van der Waals surface area contributed by atoms with E-state index in [-0.39, 0.29) is 0 Å². The van der Waals surface area contributed by atoms with Crippen LogP contribution < -0.4 is 0 Å². The minimum atomic E-state index is -0.851. The van der Waals surface area contributed by atoms with Crippen LogP contribution in [-0.4, -0.2) is 26.3 Å². The van der Waals surface area contributed by atoms with Crippen molar-refractivity contribution in [2.45, 2.75) is 17.3 Å². The summed E-state index contributed by atoms with van der Waals surface area (Å²) in [5.74, 6) is -0.851. The maximum atomic E-state index is 11.1. The summed E-state index contributed by atoms with van der Waals surface area (Å²) in [6, 6.07) is 24.6. The smallest absolute Gasteiger partial charge is 0.316 e. The fraction of sp³-hybridized carbons (Fsp3) is 0.0909. The van der Waals surface area contributed by atoms with E-state index in [2.05, 4.69) is 46.4 Å². The van der Waals surface area contributed by atoms with Gasteiger partial charge in [-0.05, 0) is 41.3 Å². The average Bonchev–Trinajstić information content (AvgIpc) is 3.09. The second-order valence-corrected chi connectivity index (χ2v) is 7.62. The van der Waals surface area contributed by atoms with Crippen molar-refractivity contribution in [1.82, 2.24) is 9.97 Å². The van der Waals surface area contributed by atoms with E-state index in [4.69, 9.17) is 5.11 Å². The molecule has 0 aliphatic carbocycles. The highest BCUT2D eigenvalue weighted by molar-refractivity contribution is 8.00. The maximum Gasteiger partial charge on any atom is 0.316 e. The normalized spacial score (nSPS) is 12.2. The molecule has 2 N–H and O–H groups in total. The molecule has 134 valence electrons. The van der Waals surface area contributed by atoms with E-state index in [1.807, 2.05) is 36.4 Å². The predicted molar refractivity (Wildman–Crippen MR) is 110 cm³/mol. The van der Waals surface area contributed by atoms with Crippen LogP contribution in [0, 0.1) is 0 Å². The summed E-state index contributed by atoms with van der Waals surface area (Å²) in [5.41, 5.74) is 6.18. The number of nitrogens with one attached hydrogen (secondary N) is 1. The molecular weight excluding hydrogens is 356 g/mol. The number of aromatic nitrogens is 2. The zero-order chi connectivity index (χ0) is 18.8. The Morgan fingerprint density at radius 1 is 0.963 bits per heavy atom. The number of nitrogens with zero attached hydrogens (tertiary/aromatic N) is 1. The Kier molecular flexibility index (Phi) is 4.69. The van der Waals surface area contributed by atoms with Gasteiger partial charge in [-0.3, -0.25) is 4.79 Å². The van der Waals surface area contributed by atoms with Crippen LogP contribution in [0.1, 0.15) is 6.92 Å². The molecule has 27 heavy (non-hydrogen) atoms. The second kappa shape index (κ2) is 7.29. The van der Waals surface area contributed by atoms with Crippen molar-refractivity contribution in [1.29, 1.82) is 0 Å². The molecule has 0 saturated carbocycles. The van der Waals surface area contributed by atoms with E-state index in [0.29, 0.717) is 5.16 Å². The van der Waals surface area contributed by atoms with Crippen molar-refractivity contribution in [2.75, 3.05) is 0 Å². The van der Waals surface area contributed by atoms with E-state index < -0.39 is 11.2 Å². The summed E-state index contributed by atoms with van der Waals surface area (Å²) in [4.78, 5) is 19.0. The molecule has 1 aromatic heterocycles. The van der Waals surface area contributed by atoms with Crippen molar-refractivity contribution < 1.29 is 9.90 Å². The fourth-order valence-electron chi connectivity index (χ4n) is 3.02. The zero-order valence-electron chi connectivity index (χ0n) is 14.7. The molecule has 0 fully saturated rings. The van der Waals surface area contributed by atoms with Gasteiger partial charge < -0.3 is 10.1 Å². The van der Waals surface area contributed by atoms with Gasteiger partial charge >= 0.3 is 5.97 Å². The Balaban J connectivity index is 1.87. The van der Waals surface area contributed by atoms with Crippen molar-refractivity contribution in [2.24, 2.45) is 0 Å². The summed E-state index contributed by atoms with van der Waals surface area (Å²) >= 11 is 1.21. The number of carboxylic acid groups (broad SMARTS) is 1. The Bertz CT molecular complexity index is 1010. The number of fused-ring (bicyclic) bond motifs is 1. The molecule has 1 atom stereocenters. The summed E-state index contributed by atoms with van der Waals surface area (Å²) in [6.07, 6.45) is 0. The zero-order valence-corrected chi connectivity index (χ0v) is 15.5. The SMILES string of the molecule is CC(Sc1nc2cc(-c3ccccc3)c(-c3ccccc3)cc2[nH]1)C(=O)O. The molecular formula is C22H18N2O2S. The number of benzene rings is 3. The molecule has 0 radical (unpaired) electrons. The summed E-state index contributed by atoms with van der Waals surface area (Å²) in [7, 11) is 0. The lowest BCUT2D eigenvalue weighted by Gasteiger charge is -2.10. The molecule has 4 rings (SSSR count). The average molecular weight is 374 g/mol. The van der Waals surface area contributed by atoms with E-state index in [0.717, 1.165) is 33.3 Å². The van der Waals surface area contributed by atoms with Crippen LogP contribution in [0.2, 0.25) is 0 Å². The third kappa shape index (κ3) is 3.59. The number of aromatic amines is 1. The number of carboxylic acids is 1. The minimum Gasteiger partial charge on any atom is -0.480 e. The first-order valence-corrected chi connectivity index (χ1v) is 9.54. The van der Waals surface area contributed by atoms with Crippen LogP contribution in [0.3, 0.4) is 0 Å². The van der Waals surface area contributed by atoms with Gasteiger partial charge in [0.25, 0.3) is 0 Å². The van der Waals surface area contributed by atoms with Crippen LogP contribution in [0.15, 0.2) is 78.0 Å². The quantitative estimate of drug-likeness (QED) is 0.455. The minimum absolute atomic E-state index is 0.562. The number of H-pyrrole nitrogens is 1. The molecule has 4 aromatic rings. The standard InChI is InChI=1S/C22H18N2O2S/c1-14(21(25)26)27-22-23-19-12-17(15-8-4-2-5-9-15)18(13-20(19)24-22)16-10-6-3-7-11-16/h2-14H,1H3,(H,23,24)(H,25,26). The molecule has 0 spiro atoms. The second-order valence-electron chi connectivity index (χ2n) is 6.29. The maximum absolute atomic E-state index is 11.1. The lowest BCUT2D eigenvalue weighted by atomic mass is 9.94. The van der Waals surface area contributed by atoms with E-state index in [1.165, 1.54) is 11.8 Å². The monoisotopic (exact) mass is 374 g/mol. The first kappa shape index (κ1) is 17.4. The fourth-order valence-corrected chi connectivity index (χ4v) is 3.78. The lowest BCUT2D eigenvalue weighted by Crippen LogP contribution is -2.11. The number of aliphatic carboxylic acids is 1. The highest BCUT2D eigenvalue weighted by Crippen LogP contribution is 2.36. The molecule has 0 amide bonds. The van der Waals surface area contributed by atoms with Crippen LogP contribution in [-0.2, 0) is 4.79 Å². The number of imidazole rings is 1. The summed E-state index contributed by atoms with van der Waals surface area (Å²) < 4.78 is 0. The molecule has 0 saturated heterocycles. The van der Waals surface area contributed by atoms with E-state index in [9.17, 15) is 4.79 Å². The topological polar surface area (TPSA) is 66.0 Å². The summed E-state index contributed by atoms with van der Waals surface area (Å²) in [6.45, 7) is 1.66. The molecule has 3 aromatic carbocycles. The van der Waals surface area contributed by atoms with Gasteiger partial charge in [-0.2, -0.15) is 0 Å². The number of carbonyl (C=O) groups is 1. The summed E-state index contributed by atoms with van der Waals surface area (Å²) in [5, 5.41) is 9.19. The van der Waals surface area contributed by atoms with Gasteiger partial charge in [0.15, 0.2) is 5.16 Å². The molecule has 0 aliphatic rings. The number of hydrogen-bond acceptors (Lipinski definition) is 3. The lowest BCUT2D eigenvalue weighted by molar-refractivity contribution is -0.136. The molecule has 4 nitrogen and oxygen atoms in total. The Morgan fingerprint density at radius 3 is 2.07 bits per heavy atom. The van der Waals surface area contributed by atoms with E-state index in [1.54, 1.807) is 6.92 Å². The Hall–Kier alpha value is -3.05. The first-order valence-electron chi connectivity index (χ1n) is 8.66. The highest BCUT2D eigenvalue weighted by atomic mass is 32.2. The number of rotatable bonds is 5. The van der Waals surface area contributed by atoms with Crippen molar-refractivity contribution in [3.63, 3.8) is 0 Å². The Labute approximate surface area is 161 Å². The van der Waals surface area contributed by atoms with Crippen LogP contribution in [0.5, 0.6) is 0 Å². The molecule has 0 bridgehead atoms. The Morgan fingerprint density at radius 2 is 1.52 bits per heavy atom. The van der Waals surface area contributed by atoms with Crippen molar-refractivity contribution >= 4 is 28.8 Å². The van der Waals surface area contributed by atoms with Gasteiger partial charge in [0, 0.05) is 0 Å². The predicted octanol–water partition coefficient (Wildman–Crippen LogP) is 5.46. The third-order valence-electron chi connectivity index (χ3n) is 4.41. The van der Waals surface area contributed by atoms with Crippen LogP contribution >= 0.6 is 11.8 Å². The first-order chi connectivity index (χ1) is 13.1. The number of hydrogen-bond donors (Lipinski definition) is 2.